The molecule has 0 aromatic heterocycles. The van der Waals surface area contributed by atoms with Crippen LogP contribution in [0.15, 0.2) is 0 Å². The molecule has 1 aliphatic heterocycles. The minimum absolute atomic E-state index is 0.153. The van der Waals surface area contributed by atoms with Gasteiger partial charge in [-0.1, -0.05) is 0 Å². The van der Waals surface area contributed by atoms with E-state index in [9.17, 15) is 4.79 Å². The molecule has 0 aliphatic carbocycles. The summed E-state index contributed by atoms with van der Waals surface area (Å²) < 4.78 is 5.28. The van der Waals surface area contributed by atoms with Gasteiger partial charge in [0.05, 0.1) is 17.6 Å². The predicted octanol–water partition coefficient (Wildman–Crippen LogP) is -0.182. The number of hydrogen-bond acceptors (Lipinski definition) is 4. The van der Waals surface area contributed by atoms with Crippen molar-refractivity contribution in [1.82, 2.24) is 10.6 Å². The third-order valence-corrected chi connectivity index (χ3v) is 2.86. The van der Waals surface area contributed by atoms with Crippen LogP contribution in [-0.2, 0) is 9.53 Å². The van der Waals surface area contributed by atoms with E-state index in [1.165, 1.54) is 0 Å². The first-order valence-electron chi connectivity index (χ1n) is 5.12. The van der Waals surface area contributed by atoms with Crippen LogP contribution in [0.4, 0.5) is 0 Å². The number of aliphatic carboxylic acids is 1. The number of carboxylic acid groups (broad SMARTS) is 1. The molecule has 15 heavy (non-hydrogen) atoms. The molecule has 88 valence electrons. The Balaban J connectivity index is 2.43. The molecular weight excluding hydrogens is 196 g/mol. The Kier molecular flexibility index (Phi) is 3.70. The van der Waals surface area contributed by atoms with Gasteiger partial charge in [-0.15, -0.1) is 0 Å². The van der Waals surface area contributed by atoms with E-state index in [0.717, 1.165) is 0 Å². The molecule has 0 atom stereocenters. The molecule has 1 aliphatic rings. The van der Waals surface area contributed by atoms with E-state index in [2.05, 4.69) is 10.6 Å². The largest absolute Gasteiger partial charge is 0.481 e. The van der Waals surface area contributed by atoms with Gasteiger partial charge in [-0.25, -0.2) is 0 Å². The maximum atomic E-state index is 10.7. The summed E-state index contributed by atoms with van der Waals surface area (Å²) in [4.78, 5) is 10.7. The van der Waals surface area contributed by atoms with Crippen molar-refractivity contribution in [2.24, 2.45) is 0 Å². The van der Waals surface area contributed by atoms with Gasteiger partial charge >= 0.3 is 5.97 Å². The first-order chi connectivity index (χ1) is 6.89. The highest BCUT2D eigenvalue weighted by atomic mass is 16.5. The summed E-state index contributed by atoms with van der Waals surface area (Å²) in [5.74, 6) is -0.765. The van der Waals surface area contributed by atoms with Crippen LogP contribution >= 0.6 is 0 Å². The first-order valence-corrected chi connectivity index (χ1v) is 5.12. The third kappa shape index (κ3) is 3.44. The quantitative estimate of drug-likeness (QED) is 0.574. The van der Waals surface area contributed by atoms with Crippen LogP contribution in [0.5, 0.6) is 0 Å². The molecule has 0 bridgehead atoms. The van der Waals surface area contributed by atoms with E-state index >= 15 is 0 Å². The summed E-state index contributed by atoms with van der Waals surface area (Å²) in [5.41, 5.74) is -0.553. The topological polar surface area (TPSA) is 70.6 Å². The molecular formula is C10H20N2O3. The molecule has 1 saturated heterocycles. The molecule has 1 fully saturated rings. The summed E-state index contributed by atoms with van der Waals surface area (Å²) in [6.07, 6.45) is 0.153. The highest BCUT2D eigenvalue weighted by molar-refractivity contribution is 5.68. The smallest absolute Gasteiger partial charge is 0.305 e. The maximum absolute atomic E-state index is 10.7. The van der Waals surface area contributed by atoms with Gasteiger partial charge in [-0.05, 0) is 13.8 Å². The average Bonchev–Trinajstić information content (AvgIpc) is 2.09. The molecule has 0 unspecified atom stereocenters. The summed E-state index contributed by atoms with van der Waals surface area (Å²) in [7, 11) is 1.66. The number of hydrogen-bond donors (Lipinski definition) is 3. The molecule has 0 aromatic carbocycles. The zero-order chi connectivity index (χ0) is 11.5. The molecule has 0 amide bonds. The highest BCUT2D eigenvalue weighted by Crippen LogP contribution is 2.17. The summed E-state index contributed by atoms with van der Waals surface area (Å²) in [6.45, 7) is 6.01. The maximum Gasteiger partial charge on any atom is 0.305 e. The van der Waals surface area contributed by atoms with E-state index in [4.69, 9.17) is 9.84 Å². The Morgan fingerprint density at radius 2 is 2.20 bits per heavy atom. The second-order valence-corrected chi connectivity index (χ2v) is 4.77. The van der Waals surface area contributed by atoms with Crippen molar-refractivity contribution in [1.29, 1.82) is 0 Å². The molecule has 5 heteroatoms. The van der Waals surface area contributed by atoms with Crippen molar-refractivity contribution in [2.45, 2.75) is 31.4 Å². The molecule has 0 spiro atoms. The standard InChI is InChI=1S/C10H20N2O3/c1-9(2,15-3)5-12-10(4-8(13)14)6-11-7-10/h11-12H,4-7H2,1-3H3,(H,13,14). The second kappa shape index (κ2) is 4.47. The molecule has 1 rings (SSSR count). The van der Waals surface area contributed by atoms with Crippen molar-refractivity contribution in [3.63, 3.8) is 0 Å². The molecule has 0 radical (unpaired) electrons. The van der Waals surface area contributed by atoms with Crippen LogP contribution in [0.3, 0.4) is 0 Å². The average molecular weight is 216 g/mol. The van der Waals surface area contributed by atoms with Gasteiger partial charge in [0.25, 0.3) is 0 Å². The minimum Gasteiger partial charge on any atom is -0.481 e. The van der Waals surface area contributed by atoms with Gasteiger partial charge in [0.1, 0.15) is 0 Å². The lowest BCUT2D eigenvalue weighted by Gasteiger charge is -2.44. The zero-order valence-electron chi connectivity index (χ0n) is 9.59. The highest BCUT2D eigenvalue weighted by Gasteiger charge is 2.39. The number of rotatable bonds is 6. The van der Waals surface area contributed by atoms with Crippen molar-refractivity contribution >= 4 is 5.97 Å². The Labute approximate surface area is 90.2 Å². The van der Waals surface area contributed by atoms with Crippen molar-refractivity contribution < 1.29 is 14.6 Å². The minimum atomic E-state index is -0.765. The van der Waals surface area contributed by atoms with Crippen molar-refractivity contribution in [2.75, 3.05) is 26.7 Å². The predicted molar refractivity (Wildman–Crippen MR) is 56.9 cm³/mol. The Morgan fingerprint density at radius 1 is 1.60 bits per heavy atom. The Hall–Kier alpha value is -0.650. The number of nitrogens with one attached hydrogen (secondary N) is 2. The van der Waals surface area contributed by atoms with E-state index in [0.29, 0.717) is 19.6 Å². The van der Waals surface area contributed by atoms with Gasteiger partial charge in [-0.3, -0.25) is 4.79 Å². The normalized spacial score (nSPS) is 19.7. The second-order valence-electron chi connectivity index (χ2n) is 4.77. The number of carboxylic acids is 1. The number of carbonyl (C=O) groups is 1. The van der Waals surface area contributed by atoms with Crippen molar-refractivity contribution in [3.05, 3.63) is 0 Å². The SMILES string of the molecule is COC(C)(C)CNC1(CC(=O)O)CNC1. The van der Waals surface area contributed by atoms with Gasteiger partial charge in [0.2, 0.25) is 0 Å². The van der Waals surface area contributed by atoms with E-state index in [1.54, 1.807) is 7.11 Å². The van der Waals surface area contributed by atoms with Crippen LogP contribution in [0, 0.1) is 0 Å². The van der Waals surface area contributed by atoms with Crippen molar-refractivity contribution in [3.8, 4) is 0 Å². The summed E-state index contributed by atoms with van der Waals surface area (Å²) >= 11 is 0. The van der Waals surface area contributed by atoms with Crippen LogP contribution in [0.1, 0.15) is 20.3 Å². The fourth-order valence-electron chi connectivity index (χ4n) is 1.50. The molecule has 0 saturated carbocycles. The van der Waals surface area contributed by atoms with Gasteiger partial charge in [0, 0.05) is 26.7 Å². The number of ether oxygens (including phenoxy) is 1. The summed E-state index contributed by atoms with van der Waals surface area (Å²) in [5, 5.41) is 15.2. The lowest BCUT2D eigenvalue weighted by Crippen LogP contribution is -2.69. The van der Waals surface area contributed by atoms with Crippen LogP contribution in [0.2, 0.25) is 0 Å². The van der Waals surface area contributed by atoms with E-state index in [-0.39, 0.29) is 17.6 Å². The lowest BCUT2D eigenvalue weighted by molar-refractivity contribution is -0.139. The van der Waals surface area contributed by atoms with E-state index < -0.39 is 5.97 Å². The van der Waals surface area contributed by atoms with Crippen LogP contribution in [0.25, 0.3) is 0 Å². The third-order valence-electron chi connectivity index (χ3n) is 2.86. The molecule has 3 N–H and O–H groups in total. The Morgan fingerprint density at radius 3 is 2.53 bits per heavy atom. The van der Waals surface area contributed by atoms with Gasteiger partial charge in [-0.2, -0.15) is 0 Å². The fourth-order valence-corrected chi connectivity index (χ4v) is 1.50. The van der Waals surface area contributed by atoms with Crippen LogP contribution in [-0.4, -0.2) is 49.0 Å². The fraction of sp³-hybridized carbons (Fsp3) is 0.900. The Bertz CT molecular complexity index is 237. The van der Waals surface area contributed by atoms with Crippen LogP contribution < -0.4 is 10.6 Å². The van der Waals surface area contributed by atoms with Gasteiger partial charge in [0.15, 0.2) is 0 Å². The first kappa shape index (κ1) is 12.4. The molecule has 1 heterocycles. The lowest BCUT2D eigenvalue weighted by atomic mass is 9.88. The van der Waals surface area contributed by atoms with E-state index in [1.807, 2.05) is 13.8 Å². The molecule has 5 nitrogen and oxygen atoms in total. The van der Waals surface area contributed by atoms with Gasteiger partial charge < -0.3 is 20.5 Å². The monoisotopic (exact) mass is 216 g/mol. The molecule has 0 aromatic rings. The summed E-state index contributed by atoms with van der Waals surface area (Å²) in [6, 6.07) is 0. The zero-order valence-corrected chi connectivity index (χ0v) is 9.59. The number of methoxy groups -OCH3 is 1.